The molecular formula is C26H27N5O3S. The molecule has 180 valence electrons. The molecule has 5 rings (SSSR count). The Bertz CT molecular complexity index is 1270. The van der Waals surface area contributed by atoms with Crippen molar-refractivity contribution in [2.75, 3.05) is 18.4 Å². The number of amides is 4. The SMILES string of the molecule is Cc1ccc(C2(C)NC(=O)N(CC(=O)Nc3nc4c(s3)CCN(Cc3ccccc3)C4)C2=O)cc1. The largest absolute Gasteiger partial charge is 0.325 e. The maximum atomic E-state index is 13.1. The fourth-order valence-corrected chi connectivity index (χ4v) is 5.48. The summed E-state index contributed by atoms with van der Waals surface area (Å²) in [6.45, 7) is 5.75. The average Bonchev–Trinajstić information content (AvgIpc) is 3.33. The van der Waals surface area contributed by atoms with E-state index in [9.17, 15) is 14.4 Å². The molecule has 1 atom stereocenters. The number of aryl methyl sites for hydroxylation is 1. The Morgan fingerprint density at radius 1 is 1.14 bits per heavy atom. The van der Waals surface area contributed by atoms with E-state index in [1.54, 1.807) is 6.92 Å². The van der Waals surface area contributed by atoms with Crippen LogP contribution in [-0.2, 0) is 34.6 Å². The molecule has 4 amide bonds. The highest BCUT2D eigenvalue weighted by Gasteiger charge is 2.49. The van der Waals surface area contributed by atoms with Crippen molar-refractivity contribution in [3.63, 3.8) is 0 Å². The van der Waals surface area contributed by atoms with Crippen LogP contribution in [0.2, 0.25) is 0 Å². The minimum atomic E-state index is -1.20. The molecule has 0 bridgehead atoms. The van der Waals surface area contributed by atoms with Crippen LogP contribution in [0.1, 0.15) is 34.2 Å². The van der Waals surface area contributed by atoms with Crippen molar-refractivity contribution >= 4 is 34.3 Å². The van der Waals surface area contributed by atoms with Crippen molar-refractivity contribution in [3.05, 3.63) is 81.9 Å². The van der Waals surface area contributed by atoms with Crippen LogP contribution in [0.4, 0.5) is 9.93 Å². The number of hydrogen-bond donors (Lipinski definition) is 2. The Hall–Kier alpha value is -3.56. The average molecular weight is 490 g/mol. The number of urea groups is 1. The van der Waals surface area contributed by atoms with Crippen LogP contribution in [0.5, 0.6) is 0 Å². The Balaban J connectivity index is 1.21. The first kappa shape index (κ1) is 23.2. The molecule has 0 saturated carbocycles. The summed E-state index contributed by atoms with van der Waals surface area (Å²) in [6, 6.07) is 17.1. The summed E-state index contributed by atoms with van der Waals surface area (Å²) in [5.74, 6) is -0.898. The summed E-state index contributed by atoms with van der Waals surface area (Å²) in [5.41, 5.74) is 2.75. The zero-order chi connectivity index (χ0) is 24.6. The molecular weight excluding hydrogens is 462 g/mol. The molecule has 3 heterocycles. The van der Waals surface area contributed by atoms with E-state index in [2.05, 4.69) is 32.7 Å². The van der Waals surface area contributed by atoms with Crippen molar-refractivity contribution in [2.45, 2.75) is 38.9 Å². The van der Waals surface area contributed by atoms with E-state index >= 15 is 0 Å². The highest BCUT2D eigenvalue weighted by molar-refractivity contribution is 7.15. The second-order valence-corrected chi connectivity index (χ2v) is 10.3. The lowest BCUT2D eigenvalue weighted by molar-refractivity contribution is -0.133. The summed E-state index contributed by atoms with van der Waals surface area (Å²) in [5, 5.41) is 6.02. The first-order chi connectivity index (χ1) is 16.8. The molecule has 2 N–H and O–H groups in total. The molecule has 9 heteroatoms. The number of carbonyl (C=O) groups is 3. The Morgan fingerprint density at radius 3 is 2.63 bits per heavy atom. The van der Waals surface area contributed by atoms with E-state index in [0.717, 1.165) is 47.1 Å². The van der Waals surface area contributed by atoms with Crippen LogP contribution in [0.25, 0.3) is 0 Å². The fraction of sp³-hybridized carbons (Fsp3) is 0.308. The fourth-order valence-electron chi connectivity index (χ4n) is 4.51. The highest BCUT2D eigenvalue weighted by atomic mass is 32.1. The number of hydrogen-bond acceptors (Lipinski definition) is 6. The standard InChI is InChI=1S/C26H27N5O3S/c1-17-8-10-19(11-9-17)26(2)23(33)31(25(34)29-26)16-22(32)28-24-27-20-15-30(13-12-21(20)35-24)14-18-6-4-3-5-7-18/h3-11H,12-16H2,1-2H3,(H,29,34)(H,27,28,32). The summed E-state index contributed by atoms with van der Waals surface area (Å²) in [7, 11) is 0. The third-order valence-corrected chi connectivity index (χ3v) is 7.58. The zero-order valence-electron chi connectivity index (χ0n) is 19.7. The quantitative estimate of drug-likeness (QED) is 0.518. The first-order valence-electron chi connectivity index (χ1n) is 11.6. The third-order valence-electron chi connectivity index (χ3n) is 6.51. The molecule has 2 aliphatic heterocycles. The van der Waals surface area contributed by atoms with Crippen molar-refractivity contribution in [1.82, 2.24) is 20.1 Å². The van der Waals surface area contributed by atoms with E-state index in [-0.39, 0.29) is 6.54 Å². The Labute approximate surface area is 208 Å². The van der Waals surface area contributed by atoms with E-state index in [1.165, 1.54) is 16.9 Å². The second-order valence-electron chi connectivity index (χ2n) is 9.20. The lowest BCUT2D eigenvalue weighted by atomic mass is 9.91. The molecule has 35 heavy (non-hydrogen) atoms. The maximum Gasteiger partial charge on any atom is 0.325 e. The normalized spacial score (nSPS) is 20.0. The van der Waals surface area contributed by atoms with Crippen molar-refractivity contribution in [1.29, 1.82) is 0 Å². The van der Waals surface area contributed by atoms with Crippen LogP contribution >= 0.6 is 11.3 Å². The number of benzene rings is 2. The summed E-state index contributed by atoms with van der Waals surface area (Å²) >= 11 is 1.46. The van der Waals surface area contributed by atoms with Crippen LogP contribution in [0.3, 0.4) is 0 Å². The number of aromatic nitrogens is 1. The third kappa shape index (κ3) is 4.69. The van der Waals surface area contributed by atoms with E-state index in [1.807, 2.05) is 49.4 Å². The monoisotopic (exact) mass is 489 g/mol. The van der Waals surface area contributed by atoms with Gasteiger partial charge in [-0.15, -0.1) is 11.3 Å². The van der Waals surface area contributed by atoms with Gasteiger partial charge in [0.15, 0.2) is 5.13 Å². The summed E-state index contributed by atoms with van der Waals surface area (Å²) in [4.78, 5) is 47.5. The van der Waals surface area contributed by atoms with E-state index in [0.29, 0.717) is 10.7 Å². The molecule has 0 radical (unpaired) electrons. The summed E-state index contributed by atoms with van der Waals surface area (Å²) in [6.07, 6.45) is 0.873. The lowest BCUT2D eigenvalue weighted by Crippen LogP contribution is -2.42. The van der Waals surface area contributed by atoms with Crippen LogP contribution < -0.4 is 10.6 Å². The second kappa shape index (κ2) is 9.24. The number of nitrogens with zero attached hydrogens (tertiary/aromatic N) is 3. The van der Waals surface area contributed by atoms with Gasteiger partial charge in [-0.1, -0.05) is 60.2 Å². The molecule has 1 unspecified atom stereocenters. The maximum absolute atomic E-state index is 13.1. The minimum Gasteiger partial charge on any atom is -0.319 e. The molecule has 1 fully saturated rings. The first-order valence-corrected chi connectivity index (χ1v) is 12.4. The Kier molecular flexibility index (Phi) is 6.12. The predicted molar refractivity (Wildman–Crippen MR) is 134 cm³/mol. The number of thiazole rings is 1. The van der Waals surface area contributed by atoms with Gasteiger partial charge in [-0.05, 0) is 31.4 Å². The molecule has 1 saturated heterocycles. The number of nitrogens with one attached hydrogen (secondary N) is 2. The van der Waals surface area contributed by atoms with E-state index < -0.39 is 23.4 Å². The van der Waals surface area contributed by atoms with Gasteiger partial charge >= 0.3 is 6.03 Å². The van der Waals surface area contributed by atoms with Gasteiger partial charge in [0.1, 0.15) is 12.1 Å². The van der Waals surface area contributed by atoms with Gasteiger partial charge in [-0.25, -0.2) is 9.78 Å². The van der Waals surface area contributed by atoms with Gasteiger partial charge < -0.3 is 10.6 Å². The van der Waals surface area contributed by atoms with Crippen LogP contribution in [-0.4, -0.2) is 45.7 Å². The highest BCUT2D eigenvalue weighted by Crippen LogP contribution is 2.30. The van der Waals surface area contributed by atoms with Crippen molar-refractivity contribution < 1.29 is 14.4 Å². The lowest BCUT2D eigenvalue weighted by Gasteiger charge is -2.25. The van der Waals surface area contributed by atoms with Gasteiger partial charge in [-0.3, -0.25) is 19.4 Å². The number of rotatable bonds is 6. The predicted octanol–water partition coefficient (Wildman–Crippen LogP) is 3.42. The van der Waals surface area contributed by atoms with Crippen LogP contribution in [0.15, 0.2) is 54.6 Å². The molecule has 2 aromatic carbocycles. The molecule has 3 aromatic rings. The van der Waals surface area contributed by atoms with Gasteiger partial charge in [0.05, 0.1) is 5.69 Å². The smallest absolute Gasteiger partial charge is 0.319 e. The van der Waals surface area contributed by atoms with Crippen molar-refractivity contribution in [3.8, 4) is 0 Å². The molecule has 2 aliphatic rings. The van der Waals surface area contributed by atoms with Gasteiger partial charge in [0.2, 0.25) is 5.91 Å². The molecule has 1 aromatic heterocycles. The summed E-state index contributed by atoms with van der Waals surface area (Å²) < 4.78 is 0. The van der Waals surface area contributed by atoms with E-state index in [4.69, 9.17) is 0 Å². The van der Waals surface area contributed by atoms with Crippen molar-refractivity contribution in [2.24, 2.45) is 0 Å². The minimum absolute atomic E-state index is 0.365. The van der Waals surface area contributed by atoms with Gasteiger partial charge in [0.25, 0.3) is 5.91 Å². The number of carbonyl (C=O) groups excluding carboxylic acids is 3. The molecule has 0 spiro atoms. The number of anilines is 1. The van der Waals surface area contributed by atoms with Crippen LogP contribution in [0, 0.1) is 6.92 Å². The number of imide groups is 1. The molecule has 0 aliphatic carbocycles. The number of fused-ring (bicyclic) bond motifs is 1. The Morgan fingerprint density at radius 2 is 1.89 bits per heavy atom. The molecule has 8 nitrogen and oxygen atoms in total. The topological polar surface area (TPSA) is 94.6 Å². The zero-order valence-corrected chi connectivity index (χ0v) is 20.5. The van der Waals surface area contributed by atoms with Gasteiger partial charge in [-0.2, -0.15) is 0 Å². The van der Waals surface area contributed by atoms with Gasteiger partial charge in [0, 0.05) is 24.5 Å².